The first-order chi connectivity index (χ1) is 13.5. The van der Waals surface area contributed by atoms with Gasteiger partial charge in [0.05, 0.1) is 24.3 Å². The van der Waals surface area contributed by atoms with E-state index in [1.807, 2.05) is 0 Å². The Kier molecular flexibility index (Phi) is 5.73. The summed E-state index contributed by atoms with van der Waals surface area (Å²) in [6.45, 7) is 0.614. The number of nitro groups is 1. The van der Waals surface area contributed by atoms with Crippen molar-refractivity contribution < 1.29 is 19.2 Å². The zero-order valence-electron chi connectivity index (χ0n) is 15.3. The Morgan fingerprint density at radius 2 is 2.00 bits per heavy atom. The van der Waals surface area contributed by atoms with Gasteiger partial charge in [-0.3, -0.25) is 19.7 Å². The van der Waals surface area contributed by atoms with Crippen LogP contribution in [0.2, 0.25) is 0 Å². The molecule has 1 aliphatic rings. The first-order valence-corrected chi connectivity index (χ1v) is 8.74. The van der Waals surface area contributed by atoms with Gasteiger partial charge in [0.15, 0.2) is 0 Å². The molecule has 0 aromatic heterocycles. The lowest BCUT2D eigenvalue weighted by Crippen LogP contribution is -2.24. The number of anilines is 3. The summed E-state index contributed by atoms with van der Waals surface area (Å²) in [6, 6.07) is 11.1. The van der Waals surface area contributed by atoms with E-state index in [4.69, 9.17) is 4.74 Å². The van der Waals surface area contributed by atoms with Crippen LogP contribution in [0, 0.1) is 10.1 Å². The van der Waals surface area contributed by atoms with Crippen LogP contribution in [-0.2, 0) is 9.59 Å². The van der Waals surface area contributed by atoms with Gasteiger partial charge in [-0.25, -0.2) is 0 Å². The van der Waals surface area contributed by atoms with Gasteiger partial charge in [-0.1, -0.05) is 0 Å². The molecule has 1 heterocycles. The van der Waals surface area contributed by atoms with Gasteiger partial charge < -0.3 is 20.3 Å². The molecule has 0 unspecified atom stereocenters. The average molecular weight is 384 g/mol. The maximum absolute atomic E-state index is 12.2. The number of hydrogen-bond donors (Lipinski definition) is 2. The van der Waals surface area contributed by atoms with Crippen LogP contribution in [0.5, 0.6) is 5.75 Å². The van der Waals surface area contributed by atoms with E-state index in [1.54, 1.807) is 29.2 Å². The zero-order valence-corrected chi connectivity index (χ0v) is 15.3. The highest BCUT2D eigenvalue weighted by molar-refractivity contribution is 5.96. The van der Waals surface area contributed by atoms with Crippen molar-refractivity contribution >= 4 is 34.6 Å². The number of hydrogen-bond acceptors (Lipinski definition) is 6. The van der Waals surface area contributed by atoms with Crippen LogP contribution in [0.3, 0.4) is 0 Å². The first kappa shape index (κ1) is 19.2. The van der Waals surface area contributed by atoms with Gasteiger partial charge in [-0.05, 0) is 36.8 Å². The van der Waals surface area contributed by atoms with Crippen molar-refractivity contribution in [1.29, 1.82) is 0 Å². The van der Waals surface area contributed by atoms with E-state index in [1.165, 1.54) is 25.3 Å². The number of non-ortho nitro benzene ring substituents is 1. The molecule has 2 amide bonds. The number of nitrogens with zero attached hydrogens (tertiary/aromatic N) is 2. The molecule has 28 heavy (non-hydrogen) atoms. The van der Waals surface area contributed by atoms with E-state index in [0.717, 1.165) is 12.1 Å². The second-order valence-corrected chi connectivity index (χ2v) is 6.24. The standard InChI is InChI=1S/C19H20N4O5/c1-28-17-9-8-15(23(26)27)11-16(17)20-12-18(24)21-13-4-6-14(7-5-13)22-10-2-3-19(22)25/h4-9,11,20H,2-3,10,12H2,1H3,(H,21,24). The van der Waals surface area contributed by atoms with Crippen molar-refractivity contribution in [1.82, 2.24) is 0 Å². The minimum absolute atomic E-state index is 0.0934. The zero-order chi connectivity index (χ0) is 20.1. The highest BCUT2D eigenvalue weighted by Gasteiger charge is 2.21. The Morgan fingerprint density at radius 1 is 1.25 bits per heavy atom. The van der Waals surface area contributed by atoms with E-state index in [9.17, 15) is 19.7 Å². The van der Waals surface area contributed by atoms with Gasteiger partial charge >= 0.3 is 0 Å². The van der Waals surface area contributed by atoms with Gasteiger partial charge in [0.25, 0.3) is 5.69 Å². The van der Waals surface area contributed by atoms with Crippen LogP contribution in [0.4, 0.5) is 22.7 Å². The molecular formula is C19H20N4O5. The van der Waals surface area contributed by atoms with Crippen molar-refractivity contribution in [2.75, 3.05) is 35.7 Å². The summed E-state index contributed by atoms with van der Waals surface area (Å²) in [6.07, 6.45) is 1.41. The van der Waals surface area contributed by atoms with Gasteiger partial charge in [0, 0.05) is 36.5 Å². The molecule has 1 saturated heterocycles. The number of carbonyl (C=O) groups is 2. The minimum Gasteiger partial charge on any atom is -0.495 e. The monoisotopic (exact) mass is 384 g/mol. The fraction of sp³-hybridized carbons (Fsp3) is 0.263. The molecule has 1 fully saturated rings. The molecule has 3 rings (SSSR count). The topological polar surface area (TPSA) is 114 Å². The van der Waals surface area contributed by atoms with Crippen LogP contribution in [-0.4, -0.2) is 36.9 Å². The van der Waals surface area contributed by atoms with Crippen molar-refractivity contribution in [2.45, 2.75) is 12.8 Å². The van der Waals surface area contributed by atoms with E-state index in [0.29, 0.717) is 30.1 Å². The third-order valence-electron chi connectivity index (χ3n) is 4.37. The third kappa shape index (κ3) is 4.37. The molecule has 0 bridgehead atoms. The summed E-state index contributed by atoms with van der Waals surface area (Å²) >= 11 is 0. The lowest BCUT2D eigenvalue weighted by atomic mass is 10.2. The minimum atomic E-state index is -0.517. The smallest absolute Gasteiger partial charge is 0.271 e. The van der Waals surface area contributed by atoms with Crippen molar-refractivity contribution in [3.8, 4) is 5.75 Å². The Bertz CT molecular complexity index is 898. The van der Waals surface area contributed by atoms with Gasteiger partial charge in [0.1, 0.15) is 5.75 Å². The highest BCUT2D eigenvalue weighted by atomic mass is 16.6. The Morgan fingerprint density at radius 3 is 2.61 bits per heavy atom. The van der Waals surface area contributed by atoms with E-state index in [2.05, 4.69) is 10.6 Å². The van der Waals surface area contributed by atoms with E-state index < -0.39 is 4.92 Å². The lowest BCUT2D eigenvalue weighted by Gasteiger charge is -2.16. The van der Waals surface area contributed by atoms with Crippen LogP contribution >= 0.6 is 0 Å². The van der Waals surface area contributed by atoms with Crippen LogP contribution in [0.1, 0.15) is 12.8 Å². The number of carbonyl (C=O) groups excluding carboxylic acids is 2. The molecule has 9 heteroatoms. The predicted molar refractivity (Wildman–Crippen MR) is 105 cm³/mol. The maximum Gasteiger partial charge on any atom is 0.271 e. The SMILES string of the molecule is COc1ccc([N+](=O)[O-])cc1NCC(=O)Nc1ccc(N2CCCC2=O)cc1. The molecular weight excluding hydrogens is 364 g/mol. The summed E-state index contributed by atoms with van der Waals surface area (Å²) in [5.74, 6) is 0.184. The predicted octanol–water partition coefficient (Wildman–Crippen LogP) is 2.78. The van der Waals surface area contributed by atoms with Gasteiger partial charge in [-0.2, -0.15) is 0 Å². The summed E-state index contributed by atoms with van der Waals surface area (Å²) in [5.41, 5.74) is 1.65. The van der Waals surface area contributed by atoms with Crippen molar-refractivity contribution in [3.63, 3.8) is 0 Å². The lowest BCUT2D eigenvalue weighted by molar-refractivity contribution is -0.384. The van der Waals surface area contributed by atoms with E-state index in [-0.39, 0.29) is 24.0 Å². The van der Waals surface area contributed by atoms with E-state index >= 15 is 0 Å². The molecule has 2 N–H and O–H groups in total. The second kappa shape index (κ2) is 8.38. The quantitative estimate of drug-likeness (QED) is 0.560. The van der Waals surface area contributed by atoms with Crippen molar-refractivity contribution in [3.05, 3.63) is 52.6 Å². The van der Waals surface area contributed by atoms with Crippen LogP contribution in [0.15, 0.2) is 42.5 Å². The number of nitro benzene ring substituents is 1. The normalized spacial score (nSPS) is 13.3. The average Bonchev–Trinajstić information content (AvgIpc) is 3.12. The van der Waals surface area contributed by atoms with Crippen LogP contribution < -0.4 is 20.3 Å². The molecule has 0 radical (unpaired) electrons. The highest BCUT2D eigenvalue weighted by Crippen LogP contribution is 2.28. The summed E-state index contributed by atoms with van der Waals surface area (Å²) < 4.78 is 5.15. The second-order valence-electron chi connectivity index (χ2n) is 6.24. The largest absolute Gasteiger partial charge is 0.495 e. The molecule has 0 saturated carbocycles. The molecule has 0 atom stereocenters. The van der Waals surface area contributed by atoms with Gasteiger partial charge in [-0.15, -0.1) is 0 Å². The molecule has 0 spiro atoms. The number of methoxy groups -OCH3 is 1. The number of benzene rings is 2. The molecule has 2 aromatic rings. The summed E-state index contributed by atoms with van der Waals surface area (Å²) in [5, 5.41) is 16.5. The van der Waals surface area contributed by atoms with Crippen molar-refractivity contribution in [2.24, 2.45) is 0 Å². The van der Waals surface area contributed by atoms with Gasteiger partial charge in [0.2, 0.25) is 11.8 Å². The molecule has 9 nitrogen and oxygen atoms in total. The Hall–Kier alpha value is -3.62. The number of nitrogens with one attached hydrogen (secondary N) is 2. The third-order valence-corrected chi connectivity index (χ3v) is 4.37. The number of rotatable bonds is 7. The first-order valence-electron chi connectivity index (χ1n) is 8.74. The molecule has 0 aliphatic carbocycles. The fourth-order valence-corrected chi connectivity index (χ4v) is 2.97. The molecule has 146 valence electrons. The molecule has 2 aromatic carbocycles. The summed E-state index contributed by atoms with van der Waals surface area (Å²) in [7, 11) is 1.44. The summed E-state index contributed by atoms with van der Waals surface area (Å²) in [4.78, 5) is 36.1. The molecule has 1 aliphatic heterocycles. The number of amides is 2. The van der Waals surface area contributed by atoms with Crippen LogP contribution in [0.25, 0.3) is 0 Å². The maximum atomic E-state index is 12.2. The Labute approximate surface area is 161 Å². The number of ether oxygens (including phenoxy) is 1. The Balaban J connectivity index is 1.59. The fourth-order valence-electron chi connectivity index (χ4n) is 2.97.